The zero-order chi connectivity index (χ0) is 27.0. The average molecular weight is 561 g/mol. The number of hydrogen-bond donors (Lipinski definition) is 1. The van der Waals surface area contributed by atoms with Crippen LogP contribution in [0.5, 0.6) is 0 Å². The number of carbonyl (C=O) groups is 2. The first-order valence-corrected chi connectivity index (χ1v) is 14.2. The fourth-order valence-corrected chi connectivity index (χ4v) is 5.25. The summed E-state index contributed by atoms with van der Waals surface area (Å²) in [7, 11) is -3.67. The Morgan fingerprint density at radius 2 is 1.64 bits per heavy atom. The van der Waals surface area contributed by atoms with Crippen molar-refractivity contribution >= 4 is 50.7 Å². The third kappa shape index (κ3) is 8.35. The number of nitrogens with zero attached hydrogens (tertiary/aromatic N) is 2. The fraction of sp³-hybridized carbons (Fsp3) is 0.440. The highest BCUT2D eigenvalue weighted by Crippen LogP contribution is 2.27. The predicted octanol–water partition coefficient (Wildman–Crippen LogP) is 5.01. The van der Waals surface area contributed by atoms with Crippen molar-refractivity contribution in [1.82, 2.24) is 10.2 Å². The van der Waals surface area contributed by atoms with E-state index in [4.69, 9.17) is 23.2 Å². The molecule has 0 aliphatic rings. The quantitative estimate of drug-likeness (QED) is 0.396. The molecule has 2 rings (SSSR count). The third-order valence-electron chi connectivity index (χ3n) is 5.47. The van der Waals surface area contributed by atoms with Crippen LogP contribution in [0, 0.1) is 5.82 Å². The van der Waals surface area contributed by atoms with Gasteiger partial charge in [-0.25, -0.2) is 12.8 Å². The average Bonchev–Trinajstić information content (AvgIpc) is 2.78. The Morgan fingerprint density at radius 3 is 2.14 bits per heavy atom. The summed E-state index contributed by atoms with van der Waals surface area (Å²) in [5, 5.41) is 3.60. The summed E-state index contributed by atoms with van der Waals surface area (Å²) in [5.74, 6) is -1.13. The van der Waals surface area contributed by atoms with Gasteiger partial charge >= 0.3 is 0 Å². The Morgan fingerprint density at radius 1 is 1.06 bits per heavy atom. The molecule has 0 fully saturated rings. The van der Waals surface area contributed by atoms with Gasteiger partial charge in [0.1, 0.15) is 11.9 Å². The van der Waals surface area contributed by atoms with Crippen molar-refractivity contribution in [1.29, 1.82) is 0 Å². The zero-order valence-corrected chi connectivity index (χ0v) is 23.1. The van der Waals surface area contributed by atoms with Crippen molar-refractivity contribution in [2.45, 2.75) is 58.7 Å². The largest absolute Gasteiger partial charge is 0.352 e. The molecule has 1 N–H and O–H groups in total. The molecular formula is C25H32Cl2FN3O4S. The molecule has 0 saturated carbocycles. The molecular weight excluding hydrogens is 528 g/mol. The maximum Gasteiger partial charge on any atom is 0.243 e. The van der Waals surface area contributed by atoms with Crippen LogP contribution in [0.15, 0.2) is 42.5 Å². The van der Waals surface area contributed by atoms with Gasteiger partial charge in [0.2, 0.25) is 21.8 Å². The van der Waals surface area contributed by atoms with Gasteiger partial charge in [0.05, 0.1) is 11.9 Å². The molecule has 11 heteroatoms. The van der Waals surface area contributed by atoms with E-state index in [0.29, 0.717) is 27.7 Å². The molecule has 2 amide bonds. The summed E-state index contributed by atoms with van der Waals surface area (Å²) in [6.07, 6.45) is 1.56. The number of amides is 2. The Balaban J connectivity index is 2.27. The van der Waals surface area contributed by atoms with Gasteiger partial charge in [0, 0.05) is 41.2 Å². The summed E-state index contributed by atoms with van der Waals surface area (Å²) in [5.41, 5.74) is 0.822. The number of carbonyl (C=O) groups excluding carboxylic acids is 2. The summed E-state index contributed by atoms with van der Waals surface area (Å²) < 4.78 is 39.1. The van der Waals surface area contributed by atoms with Gasteiger partial charge < -0.3 is 10.2 Å². The van der Waals surface area contributed by atoms with Crippen LogP contribution in [-0.4, -0.2) is 50.0 Å². The molecule has 2 aromatic carbocycles. The molecule has 0 heterocycles. The van der Waals surface area contributed by atoms with E-state index in [2.05, 4.69) is 5.32 Å². The van der Waals surface area contributed by atoms with Crippen molar-refractivity contribution in [3.8, 4) is 0 Å². The minimum absolute atomic E-state index is 0.00583. The van der Waals surface area contributed by atoms with E-state index in [-0.39, 0.29) is 43.8 Å². The molecule has 0 aliphatic heterocycles. The fourth-order valence-electron chi connectivity index (χ4n) is 3.77. The number of sulfonamides is 1. The van der Waals surface area contributed by atoms with Crippen molar-refractivity contribution in [2.75, 3.05) is 17.1 Å². The minimum atomic E-state index is -3.67. The van der Waals surface area contributed by atoms with E-state index >= 15 is 0 Å². The summed E-state index contributed by atoms with van der Waals surface area (Å²) in [6, 6.07) is 9.21. The van der Waals surface area contributed by atoms with Gasteiger partial charge in [0.15, 0.2) is 0 Å². The van der Waals surface area contributed by atoms with Crippen LogP contribution in [0.25, 0.3) is 0 Å². The first-order valence-electron chi connectivity index (χ1n) is 11.6. The molecule has 1 atom stereocenters. The Hall–Kier alpha value is -2.36. The lowest BCUT2D eigenvalue weighted by Gasteiger charge is -2.32. The van der Waals surface area contributed by atoms with Gasteiger partial charge in [0.25, 0.3) is 0 Å². The molecule has 36 heavy (non-hydrogen) atoms. The predicted molar refractivity (Wildman–Crippen MR) is 142 cm³/mol. The Labute approximate surface area is 222 Å². The smallest absolute Gasteiger partial charge is 0.243 e. The molecule has 0 spiro atoms. The molecule has 0 aliphatic carbocycles. The highest BCUT2D eigenvalue weighted by molar-refractivity contribution is 7.92. The summed E-state index contributed by atoms with van der Waals surface area (Å²) >= 11 is 12.7. The first-order chi connectivity index (χ1) is 16.8. The number of benzene rings is 2. The van der Waals surface area contributed by atoms with E-state index in [1.165, 1.54) is 29.2 Å². The normalized spacial score (nSPS) is 12.3. The van der Waals surface area contributed by atoms with E-state index in [9.17, 15) is 22.4 Å². The zero-order valence-electron chi connectivity index (χ0n) is 20.8. The molecule has 0 bridgehead atoms. The van der Waals surface area contributed by atoms with Gasteiger partial charge in [-0.15, -0.1) is 0 Å². The van der Waals surface area contributed by atoms with E-state index in [1.54, 1.807) is 25.1 Å². The summed E-state index contributed by atoms with van der Waals surface area (Å²) in [4.78, 5) is 27.8. The molecule has 198 valence electrons. The SMILES string of the molecule is CCC(C(=O)NC(C)C)N(Cc1c(Cl)cccc1Cl)C(=O)CCCN(c1ccc(F)cc1)S(C)(=O)=O. The van der Waals surface area contributed by atoms with Crippen LogP contribution in [0.4, 0.5) is 10.1 Å². The first kappa shape index (κ1) is 29.9. The molecule has 0 aromatic heterocycles. The Bertz CT molecular complexity index is 1140. The monoisotopic (exact) mass is 559 g/mol. The number of rotatable bonds is 12. The van der Waals surface area contributed by atoms with Gasteiger partial charge in [-0.2, -0.15) is 0 Å². The lowest BCUT2D eigenvalue weighted by molar-refractivity contribution is -0.141. The van der Waals surface area contributed by atoms with Crippen molar-refractivity contribution in [3.05, 3.63) is 63.9 Å². The van der Waals surface area contributed by atoms with Gasteiger partial charge in [-0.1, -0.05) is 36.2 Å². The lowest BCUT2D eigenvalue weighted by atomic mass is 10.1. The van der Waals surface area contributed by atoms with Gasteiger partial charge in [-0.3, -0.25) is 13.9 Å². The number of anilines is 1. The standard InChI is InChI=1S/C25H32Cl2FN3O4S/c1-5-23(25(33)29-17(2)3)30(16-20-21(26)8-6-9-22(20)27)24(32)10-7-15-31(36(4,34)35)19-13-11-18(28)12-14-19/h6,8-9,11-14,17,23H,5,7,10,15-16H2,1-4H3,(H,29,33). The van der Waals surface area contributed by atoms with Crippen LogP contribution >= 0.6 is 23.2 Å². The number of halogens is 3. The third-order valence-corrected chi connectivity index (χ3v) is 7.38. The summed E-state index contributed by atoms with van der Waals surface area (Å²) in [6.45, 7) is 5.49. The second-order valence-electron chi connectivity index (χ2n) is 8.72. The van der Waals surface area contributed by atoms with Crippen LogP contribution in [-0.2, 0) is 26.2 Å². The maximum atomic E-state index is 13.4. The Kier molecular flexibility index (Phi) is 11.0. The molecule has 1 unspecified atom stereocenters. The highest BCUT2D eigenvalue weighted by Gasteiger charge is 2.30. The van der Waals surface area contributed by atoms with Crippen LogP contribution in [0.1, 0.15) is 45.6 Å². The van der Waals surface area contributed by atoms with Crippen molar-refractivity contribution < 1.29 is 22.4 Å². The lowest BCUT2D eigenvalue weighted by Crippen LogP contribution is -2.50. The van der Waals surface area contributed by atoms with Crippen molar-refractivity contribution in [3.63, 3.8) is 0 Å². The van der Waals surface area contributed by atoms with Crippen LogP contribution < -0.4 is 9.62 Å². The molecule has 7 nitrogen and oxygen atoms in total. The van der Waals surface area contributed by atoms with Crippen LogP contribution in [0.3, 0.4) is 0 Å². The molecule has 0 radical (unpaired) electrons. The second-order valence-corrected chi connectivity index (χ2v) is 11.4. The highest BCUT2D eigenvalue weighted by atomic mass is 35.5. The molecule has 2 aromatic rings. The number of nitrogens with one attached hydrogen (secondary N) is 1. The molecule has 0 saturated heterocycles. The topological polar surface area (TPSA) is 86.8 Å². The second kappa shape index (κ2) is 13.3. The maximum absolute atomic E-state index is 13.4. The number of hydrogen-bond acceptors (Lipinski definition) is 4. The van der Waals surface area contributed by atoms with Crippen molar-refractivity contribution in [2.24, 2.45) is 0 Å². The van der Waals surface area contributed by atoms with E-state index < -0.39 is 21.9 Å². The minimum Gasteiger partial charge on any atom is -0.352 e. The van der Waals surface area contributed by atoms with E-state index in [1.807, 2.05) is 13.8 Å². The van der Waals surface area contributed by atoms with Gasteiger partial charge in [-0.05, 0) is 63.1 Å². The van der Waals surface area contributed by atoms with E-state index in [0.717, 1.165) is 10.6 Å². The van der Waals surface area contributed by atoms with Crippen LogP contribution in [0.2, 0.25) is 10.0 Å².